The molecule has 0 aliphatic rings. The summed E-state index contributed by atoms with van der Waals surface area (Å²) in [6.45, 7) is 10.2. The monoisotopic (exact) mass is 330 g/mol. The highest BCUT2D eigenvalue weighted by Crippen LogP contribution is 2.27. The number of halogens is 2. The average molecular weight is 331 g/mol. The third-order valence-corrected chi connectivity index (χ3v) is 4.16. The first-order valence-electron chi connectivity index (χ1n) is 7.27. The molecule has 0 aliphatic carbocycles. The van der Waals surface area contributed by atoms with Crippen LogP contribution in [0.1, 0.15) is 36.1 Å². The molecule has 2 aromatic carbocycles. The van der Waals surface area contributed by atoms with Gasteiger partial charge in [0.15, 0.2) is 0 Å². The van der Waals surface area contributed by atoms with Crippen LogP contribution in [0.3, 0.4) is 0 Å². The zero-order valence-corrected chi connectivity index (χ0v) is 14.7. The molecule has 0 bridgehead atoms. The highest BCUT2D eigenvalue weighted by atomic mass is 35.5. The Morgan fingerprint density at radius 2 is 1.73 bits per heavy atom. The molecular weight excluding hydrogens is 311 g/mol. The Labute approximate surface area is 143 Å². The van der Waals surface area contributed by atoms with Crippen molar-refractivity contribution >= 4 is 34.3 Å². The standard InChI is InChI=1S/C20H20Cl2/c1-5-16(9-15-10-18(21)12-19(22)11-15)17-6-7-20(13(2)3)14(4)8-17/h5-8,10-12H,2,9H2,1,3-4H3/b16-5+. The molecule has 0 N–H and O–H groups in total. The Kier molecular flexibility index (Phi) is 5.50. The van der Waals surface area contributed by atoms with Crippen molar-refractivity contribution in [3.05, 3.63) is 81.4 Å². The van der Waals surface area contributed by atoms with E-state index in [1.807, 2.05) is 19.1 Å². The van der Waals surface area contributed by atoms with E-state index < -0.39 is 0 Å². The second-order valence-corrected chi connectivity index (χ2v) is 6.45. The molecule has 0 aromatic heterocycles. The zero-order valence-electron chi connectivity index (χ0n) is 13.2. The van der Waals surface area contributed by atoms with Gasteiger partial charge in [0.2, 0.25) is 0 Å². The van der Waals surface area contributed by atoms with Gasteiger partial charge in [-0.2, -0.15) is 0 Å². The molecule has 0 nitrogen and oxygen atoms in total. The van der Waals surface area contributed by atoms with E-state index in [1.54, 1.807) is 6.07 Å². The lowest BCUT2D eigenvalue weighted by Gasteiger charge is -2.12. The van der Waals surface area contributed by atoms with Gasteiger partial charge in [0.1, 0.15) is 0 Å². The van der Waals surface area contributed by atoms with E-state index in [1.165, 1.54) is 22.3 Å². The molecule has 0 saturated heterocycles. The first-order valence-corrected chi connectivity index (χ1v) is 8.03. The number of benzene rings is 2. The van der Waals surface area contributed by atoms with E-state index >= 15 is 0 Å². The minimum absolute atomic E-state index is 0.673. The van der Waals surface area contributed by atoms with Crippen molar-refractivity contribution in [2.45, 2.75) is 27.2 Å². The molecule has 0 heterocycles. The quantitative estimate of drug-likeness (QED) is 0.567. The van der Waals surface area contributed by atoms with Crippen molar-refractivity contribution < 1.29 is 0 Å². The Bertz CT molecular complexity index is 719. The van der Waals surface area contributed by atoms with Gasteiger partial charge in [0.25, 0.3) is 0 Å². The van der Waals surface area contributed by atoms with Crippen molar-refractivity contribution in [3.8, 4) is 0 Å². The van der Waals surface area contributed by atoms with Crippen LogP contribution in [0, 0.1) is 6.92 Å². The average Bonchev–Trinajstić information content (AvgIpc) is 2.43. The van der Waals surface area contributed by atoms with Crippen molar-refractivity contribution in [2.24, 2.45) is 0 Å². The number of rotatable bonds is 4. The van der Waals surface area contributed by atoms with Crippen molar-refractivity contribution in [1.82, 2.24) is 0 Å². The molecule has 0 saturated carbocycles. The van der Waals surface area contributed by atoms with Crippen LogP contribution >= 0.6 is 23.2 Å². The molecule has 2 rings (SSSR count). The zero-order chi connectivity index (χ0) is 16.3. The predicted molar refractivity (Wildman–Crippen MR) is 99.7 cm³/mol. The lowest BCUT2D eigenvalue weighted by molar-refractivity contribution is 1.26. The summed E-state index contributed by atoms with van der Waals surface area (Å²) in [5, 5.41) is 1.35. The van der Waals surface area contributed by atoms with Gasteiger partial charge in [-0.3, -0.25) is 0 Å². The van der Waals surface area contributed by atoms with Crippen LogP contribution in [-0.4, -0.2) is 0 Å². The molecule has 2 aromatic rings. The van der Waals surface area contributed by atoms with Crippen LogP contribution in [-0.2, 0) is 6.42 Å². The first kappa shape index (κ1) is 16.9. The molecule has 0 fully saturated rings. The summed E-state index contributed by atoms with van der Waals surface area (Å²) in [4.78, 5) is 0. The van der Waals surface area contributed by atoms with Crippen molar-refractivity contribution in [2.75, 3.05) is 0 Å². The third-order valence-electron chi connectivity index (χ3n) is 3.72. The van der Waals surface area contributed by atoms with E-state index in [-0.39, 0.29) is 0 Å². The minimum Gasteiger partial charge on any atom is -0.0955 e. The molecule has 22 heavy (non-hydrogen) atoms. The Morgan fingerprint density at radius 1 is 1.09 bits per heavy atom. The van der Waals surface area contributed by atoms with Crippen LogP contribution < -0.4 is 0 Å². The number of aryl methyl sites for hydroxylation is 1. The van der Waals surface area contributed by atoms with Gasteiger partial charge in [-0.15, -0.1) is 0 Å². The summed E-state index contributed by atoms with van der Waals surface area (Å²) in [6.07, 6.45) is 2.95. The topological polar surface area (TPSA) is 0 Å². The smallest absolute Gasteiger partial charge is 0.0423 e. The fraction of sp³-hybridized carbons (Fsp3) is 0.200. The van der Waals surface area contributed by atoms with E-state index in [0.29, 0.717) is 10.0 Å². The molecular formula is C20H20Cl2. The van der Waals surface area contributed by atoms with Crippen molar-refractivity contribution in [1.29, 1.82) is 0 Å². The van der Waals surface area contributed by atoms with E-state index in [2.05, 4.69) is 44.7 Å². The van der Waals surface area contributed by atoms with Crippen molar-refractivity contribution in [3.63, 3.8) is 0 Å². The molecule has 0 radical (unpaired) electrons. The van der Waals surface area contributed by atoms with E-state index in [9.17, 15) is 0 Å². The molecule has 0 spiro atoms. The van der Waals surface area contributed by atoms with Gasteiger partial charge in [0, 0.05) is 10.0 Å². The summed E-state index contributed by atoms with van der Waals surface area (Å²) in [5.74, 6) is 0. The lowest BCUT2D eigenvalue weighted by atomic mass is 9.93. The fourth-order valence-electron chi connectivity index (χ4n) is 2.65. The number of hydrogen-bond acceptors (Lipinski definition) is 0. The number of allylic oxidation sites excluding steroid dienone is 3. The number of hydrogen-bond donors (Lipinski definition) is 0. The molecule has 0 unspecified atom stereocenters. The normalized spacial score (nSPS) is 11.6. The summed E-state index contributed by atoms with van der Waals surface area (Å²) >= 11 is 12.2. The van der Waals surface area contributed by atoms with Gasteiger partial charge >= 0.3 is 0 Å². The Balaban J connectivity index is 2.33. The highest BCUT2D eigenvalue weighted by molar-refractivity contribution is 6.34. The second kappa shape index (κ2) is 7.17. The SMILES string of the molecule is C=C(C)c1ccc(/C(=C/C)Cc2cc(Cl)cc(Cl)c2)cc1C. The van der Waals surface area contributed by atoms with Gasteiger partial charge in [-0.05, 0) is 73.2 Å². The van der Waals surface area contributed by atoms with Crippen LogP contribution in [0.2, 0.25) is 10.0 Å². The van der Waals surface area contributed by atoms with Gasteiger partial charge in [0.05, 0.1) is 0 Å². The molecule has 0 atom stereocenters. The predicted octanol–water partition coefficient (Wildman–Crippen LogP) is 6.98. The second-order valence-electron chi connectivity index (χ2n) is 5.58. The summed E-state index contributed by atoms with van der Waals surface area (Å²) < 4.78 is 0. The maximum Gasteiger partial charge on any atom is 0.0423 e. The third kappa shape index (κ3) is 4.03. The maximum atomic E-state index is 6.09. The maximum absolute atomic E-state index is 6.09. The van der Waals surface area contributed by atoms with Gasteiger partial charge < -0.3 is 0 Å². The highest BCUT2D eigenvalue weighted by Gasteiger charge is 2.07. The van der Waals surface area contributed by atoms with Crippen LogP contribution in [0.25, 0.3) is 11.1 Å². The molecule has 2 heteroatoms. The lowest BCUT2D eigenvalue weighted by Crippen LogP contribution is -1.94. The first-order chi connectivity index (χ1) is 10.4. The van der Waals surface area contributed by atoms with E-state index in [0.717, 1.165) is 17.6 Å². The van der Waals surface area contributed by atoms with Crippen LogP contribution in [0.5, 0.6) is 0 Å². The summed E-state index contributed by atoms with van der Waals surface area (Å²) in [5.41, 5.74) is 7.15. The van der Waals surface area contributed by atoms with Gasteiger partial charge in [-0.1, -0.05) is 59.6 Å². The van der Waals surface area contributed by atoms with Crippen LogP contribution in [0.15, 0.2) is 49.1 Å². The Hall–Kier alpha value is -1.50. The Morgan fingerprint density at radius 3 is 2.23 bits per heavy atom. The van der Waals surface area contributed by atoms with E-state index in [4.69, 9.17) is 23.2 Å². The summed E-state index contributed by atoms with van der Waals surface area (Å²) in [7, 11) is 0. The molecule has 0 aliphatic heterocycles. The van der Waals surface area contributed by atoms with Crippen LogP contribution in [0.4, 0.5) is 0 Å². The largest absolute Gasteiger partial charge is 0.0955 e. The molecule has 114 valence electrons. The molecule has 0 amide bonds. The minimum atomic E-state index is 0.673. The fourth-order valence-corrected chi connectivity index (χ4v) is 3.22. The summed E-state index contributed by atoms with van der Waals surface area (Å²) in [6, 6.07) is 12.2. The van der Waals surface area contributed by atoms with Gasteiger partial charge in [-0.25, -0.2) is 0 Å².